The zero-order chi connectivity index (χ0) is 21.5. The lowest BCUT2D eigenvalue weighted by Gasteiger charge is -2.47. The fourth-order valence-electron chi connectivity index (χ4n) is 4.38. The predicted molar refractivity (Wildman–Crippen MR) is 116 cm³/mol. The summed E-state index contributed by atoms with van der Waals surface area (Å²) in [6.07, 6.45) is 2.81. The van der Waals surface area contributed by atoms with Gasteiger partial charge in [0, 0.05) is 17.8 Å². The summed E-state index contributed by atoms with van der Waals surface area (Å²) in [5.41, 5.74) is 4.56. The molecule has 2 amide bonds. The van der Waals surface area contributed by atoms with Gasteiger partial charge in [-0.25, -0.2) is 0 Å². The van der Waals surface area contributed by atoms with Gasteiger partial charge in [-0.05, 0) is 86.7 Å². The van der Waals surface area contributed by atoms with E-state index in [1.54, 1.807) is 6.08 Å². The zero-order valence-electron chi connectivity index (χ0n) is 17.9. The van der Waals surface area contributed by atoms with E-state index in [1.807, 2.05) is 6.92 Å². The highest BCUT2D eigenvalue weighted by Gasteiger charge is 2.38. The number of thioether (sulfide) groups is 1. The smallest absolute Gasteiger partial charge is 0.325 e. The number of methoxy groups -OCH3 is 1. The normalized spacial score (nSPS) is 22.3. The molecule has 0 N–H and O–H groups in total. The molecule has 1 fully saturated rings. The summed E-state index contributed by atoms with van der Waals surface area (Å²) in [6.45, 7) is 11.5. The predicted octanol–water partition coefficient (Wildman–Crippen LogP) is 4.32. The average Bonchev–Trinajstić information content (AvgIpc) is 2.90. The second-order valence-electron chi connectivity index (χ2n) is 8.27. The summed E-state index contributed by atoms with van der Waals surface area (Å²) in [5.74, 6) is -0.675. The maximum atomic E-state index is 12.6. The van der Waals surface area contributed by atoms with Gasteiger partial charge in [0.25, 0.3) is 11.1 Å². The third kappa shape index (κ3) is 3.92. The van der Waals surface area contributed by atoms with E-state index in [1.165, 1.54) is 18.4 Å². The fraction of sp³-hybridized carbons (Fsp3) is 0.500. The molecule has 0 saturated carbocycles. The van der Waals surface area contributed by atoms with Crippen LogP contribution in [-0.4, -0.2) is 47.8 Å². The van der Waals surface area contributed by atoms with Crippen LogP contribution in [0.25, 0.3) is 6.08 Å². The third-order valence-corrected chi connectivity index (χ3v) is 6.67. The number of rotatable bonds is 4. The lowest BCUT2D eigenvalue weighted by Crippen LogP contribution is -2.48. The Balaban J connectivity index is 1.97. The number of fused-ring (bicyclic) bond motifs is 1. The first-order chi connectivity index (χ1) is 13.6. The Hall–Kier alpha value is -2.28. The number of aryl methyl sites for hydroxylation is 1. The molecule has 0 bridgehead atoms. The maximum absolute atomic E-state index is 12.6. The van der Waals surface area contributed by atoms with Crippen LogP contribution in [-0.2, 0) is 14.3 Å². The average molecular weight is 417 g/mol. The van der Waals surface area contributed by atoms with Gasteiger partial charge < -0.3 is 9.64 Å². The number of amides is 2. The van der Waals surface area contributed by atoms with Crippen molar-refractivity contribution < 1.29 is 19.1 Å². The summed E-state index contributed by atoms with van der Waals surface area (Å²) in [6, 6.07) is 4.32. The molecule has 1 atom stereocenters. The van der Waals surface area contributed by atoms with Crippen molar-refractivity contribution >= 4 is 40.6 Å². The molecule has 0 radical (unpaired) electrons. The topological polar surface area (TPSA) is 66.9 Å². The lowest BCUT2D eigenvalue weighted by molar-refractivity contribution is -0.143. The van der Waals surface area contributed by atoms with Crippen molar-refractivity contribution in [2.24, 2.45) is 0 Å². The van der Waals surface area contributed by atoms with E-state index >= 15 is 0 Å². The molecule has 2 aliphatic heterocycles. The zero-order valence-corrected chi connectivity index (χ0v) is 18.7. The number of imide groups is 1. The molecule has 1 aromatic rings. The van der Waals surface area contributed by atoms with Crippen molar-refractivity contribution in [1.29, 1.82) is 0 Å². The number of benzene rings is 1. The van der Waals surface area contributed by atoms with E-state index in [9.17, 15) is 14.4 Å². The molecule has 6 nitrogen and oxygen atoms in total. The monoisotopic (exact) mass is 416 g/mol. The van der Waals surface area contributed by atoms with Crippen molar-refractivity contribution in [3.05, 3.63) is 33.7 Å². The lowest BCUT2D eigenvalue weighted by atomic mass is 9.79. The van der Waals surface area contributed by atoms with E-state index < -0.39 is 17.1 Å². The minimum Gasteiger partial charge on any atom is -0.468 e. The van der Waals surface area contributed by atoms with E-state index in [0.717, 1.165) is 40.8 Å². The van der Waals surface area contributed by atoms with Crippen LogP contribution in [0, 0.1) is 6.92 Å². The summed E-state index contributed by atoms with van der Waals surface area (Å²) in [7, 11) is 1.23. The van der Waals surface area contributed by atoms with Crippen molar-refractivity contribution in [1.82, 2.24) is 4.90 Å². The van der Waals surface area contributed by atoms with E-state index in [2.05, 4.69) is 49.5 Å². The summed E-state index contributed by atoms with van der Waals surface area (Å²) in [5, 5.41) is -0.450. The second kappa shape index (κ2) is 7.86. The SMILES string of the molecule is CCN1c2cc(C)c(/C=C3\SC(=O)N(CC(=O)OC)C3=O)cc2C(C)CC1(C)C. The van der Waals surface area contributed by atoms with Gasteiger partial charge in [0.05, 0.1) is 12.0 Å². The van der Waals surface area contributed by atoms with E-state index in [4.69, 9.17) is 0 Å². The van der Waals surface area contributed by atoms with Gasteiger partial charge in [0.2, 0.25) is 0 Å². The Morgan fingerprint density at radius 1 is 1.34 bits per heavy atom. The molecule has 3 rings (SSSR count). The molecule has 1 unspecified atom stereocenters. The highest BCUT2D eigenvalue weighted by atomic mass is 32.2. The van der Waals surface area contributed by atoms with Crippen LogP contribution >= 0.6 is 11.8 Å². The van der Waals surface area contributed by atoms with E-state index in [0.29, 0.717) is 10.8 Å². The van der Waals surface area contributed by atoms with Crippen LogP contribution in [0.1, 0.15) is 56.7 Å². The molecule has 1 saturated heterocycles. The molecule has 0 aliphatic carbocycles. The number of nitrogens with zero attached hydrogens (tertiary/aromatic N) is 2. The highest BCUT2D eigenvalue weighted by molar-refractivity contribution is 8.18. The van der Waals surface area contributed by atoms with Crippen molar-refractivity contribution in [2.45, 2.75) is 52.5 Å². The van der Waals surface area contributed by atoms with Gasteiger partial charge in [-0.1, -0.05) is 6.92 Å². The Bertz CT molecular complexity index is 906. The van der Waals surface area contributed by atoms with Gasteiger partial charge in [-0.2, -0.15) is 0 Å². The molecule has 0 aromatic heterocycles. The van der Waals surface area contributed by atoms with Gasteiger partial charge in [0.15, 0.2) is 0 Å². The van der Waals surface area contributed by atoms with Gasteiger partial charge in [-0.3, -0.25) is 19.3 Å². The number of ether oxygens (including phenoxy) is 1. The van der Waals surface area contributed by atoms with Gasteiger partial charge in [0.1, 0.15) is 6.54 Å². The summed E-state index contributed by atoms with van der Waals surface area (Å²) >= 11 is 0.861. The third-order valence-electron chi connectivity index (χ3n) is 5.76. The van der Waals surface area contributed by atoms with E-state index in [-0.39, 0.29) is 12.1 Å². The van der Waals surface area contributed by atoms with Crippen molar-refractivity contribution in [3.8, 4) is 0 Å². The number of hydrogen-bond acceptors (Lipinski definition) is 6. The summed E-state index contributed by atoms with van der Waals surface area (Å²) in [4.78, 5) is 40.0. The minimum absolute atomic E-state index is 0.0890. The van der Waals surface area contributed by atoms with Crippen molar-refractivity contribution in [2.75, 3.05) is 25.1 Å². The molecular formula is C22H28N2O4S. The Labute approximate surface area is 176 Å². The van der Waals surface area contributed by atoms with Crippen LogP contribution in [0.15, 0.2) is 17.0 Å². The van der Waals surface area contributed by atoms with Gasteiger partial charge >= 0.3 is 5.97 Å². The quantitative estimate of drug-likeness (QED) is 0.538. The van der Waals surface area contributed by atoms with Crippen LogP contribution in [0.2, 0.25) is 0 Å². The molecular weight excluding hydrogens is 388 g/mol. The highest BCUT2D eigenvalue weighted by Crippen LogP contribution is 2.44. The largest absolute Gasteiger partial charge is 0.468 e. The molecule has 29 heavy (non-hydrogen) atoms. The number of carbonyl (C=O) groups excluding carboxylic acids is 3. The van der Waals surface area contributed by atoms with Crippen molar-refractivity contribution in [3.63, 3.8) is 0 Å². The van der Waals surface area contributed by atoms with Crippen LogP contribution in [0.3, 0.4) is 0 Å². The number of esters is 1. The molecule has 7 heteroatoms. The Morgan fingerprint density at radius 3 is 2.66 bits per heavy atom. The Morgan fingerprint density at radius 2 is 2.03 bits per heavy atom. The maximum Gasteiger partial charge on any atom is 0.325 e. The number of anilines is 1. The molecule has 2 heterocycles. The first-order valence-corrected chi connectivity index (χ1v) is 10.6. The van der Waals surface area contributed by atoms with Crippen LogP contribution < -0.4 is 4.90 Å². The summed E-state index contributed by atoms with van der Waals surface area (Å²) < 4.78 is 4.57. The molecule has 156 valence electrons. The molecule has 1 aromatic carbocycles. The first kappa shape index (κ1) is 21.4. The second-order valence-corrected chi connectivity index (χ2v) is 9.27. The fourth-order valence-corrected chi connectivity index (χ4v) is 5.21. The number of carbonyl (C=O) groups is 3. The molecule has 0 spiro atoms. The van der Waals surface area contributed by atoms with Crippen LogP contribution in [0.5, 0.6) is 0 Å². The number of hydrogen-bond donors (Lipinski definition) is 0. The standard InChI is InChI=1S/C22H28N2O4S/c1-7-24-17-8-13(2)15(9-16(17)14(3)11-22(24,4)5)10-18-20(26)23(21(27)29-18)12-19(25)28-6/h8-10,14H,7,11-12H2,1-6H3/b18-10-. The first-order valence-electron chi connectivity index (χ1n) is 9.83. The minimum atomic E-state index is -0.616. The Kier molecular flexibility index (Phi) is 5.81. The van der Waals surface area contributed by atoms with Gasteiger partial charge in [-0.15, -0.1) is 0 Å². The molecule has 2 aliphatic rings. The van der Waals surface area contributed by atoms with Crippen LogP contribution in [0.4, 0.5) is 10.5 Å².